The van der Waals surface area contributed by atoms with Crippen LogP contribution in [0.25, 0.3) is 0 Å². The molecule has 0 aliphatic carbocycles. The lowest BCUT2D eigenvalue weighted by atomic mass is 10.1. The van der Waals surface area contributed by atoms with Crippen molar-refractivity contribution in [3.8, 4) is 0 Å². The van der Waals surface area contributed by atoms with Gasteiger partial charge in [0.1, 0.15) is 0 Å². The second-order valence-corrected chi connectivity index (χ2v) is 5.37. The first kappa shape index (κ1) is 14.6. The van der Waals surface area contributed by atoms with Gasteiger partial charge in [-0.3, -0.25) is 0 Å². The summed E-state index contributed by atoms with van der Waals surface area (Å²) in [5, 5.41) is 12.4. The van der Waals surface area contributed by atoms with Gasteiger partial charge in [0.25, 0.3) is 0 Å². The van der Waals surface area contributed by atoms with Crippen LogP contribution in [0.15, 0.2) is 24.3 Å². The van der Waals surface area contributed by atoms with Gasteiger partial charge in [-0.2, -0.15) is 11.8 Å². The zero-order chi connectivity index (χ0) is 12.5. The first-order valence-corrected chi connectivity index (χ1v) is 7.42. The van der Waals surface area contributed by atoms with Crippen molar-refractivity contribution in [3.63, 3.8) is 0 Å². The van der Waals surface area contributed by atoms with Gasteiger partial charge in [-0.1, -0.05) is 36.8 Å². The second-order valence-electron chi connectivity index (χ2n) is 4.22. The maximum atomic E-state index is 8.82. The lowest BCUT2D eigenvalue weighted by Gasteiger charge is -2.18. The van der Waals surface area contributed by atoms with Crippen LogP contribution in [-0.4, -0.2) is 29.8 Å². The van der Waals surface area contributed by atoms with Gasteiger partial charge in [-0.25, -0.2) is 0 Å². The van der Waals surface area contributed by atoms with Gasteiger partial charge < -0.3 is 10.4 Å². The van der Waals surface area contributed by atoms with Crippen molar-refractivity contribution in [1.29, 1.82) is 0 Å². The molecule has 0 radical (unpaired) electrons. The normalized spacial score (nSPS) is 12.6. The average Bonchev–Trinajstić information content (AvgIpc) is 2.35. The minimum Gasteiger partial charge on any atom is -0.396 e. The van der Waals surface area contributed by atoms with E-state index in [0.29, 0.717) is 6.04 Å². The van der Waals surface area contributed by atoms with Crippen LogP contribution in [0.4, 0.5) is 0 Å². The molecule has 1 rings (SSSR count). The molecule has 0 saturated heterocycles. The van der Waals surface area contributed by atoms with E-state index < -0.39 is 0 Å². The summed E-state index contributed by atoms with van der Waals surface area (Å²) in [5.41, 5.74) is 2.64. The molecule has 0 aliphatic rings. The monoisotopic (exact) mass is 253 g/mol. The Balaban J connectivity index is 2.57. The highest BCUT2D eigenvalue weighted by molar-refractivity contribution is 7.99. The van der Waals surface area contributed by atoms with E-state index in [1.807, 2.05) is 0 Å². The highest BCUT2D eigenvalue weighted by Gasteiger charge is 2.09. The molecule has 2 N–H and O–H groups in total. The molecule has 1 aromatic rings. The van der Waals surface area contributed by atoms with Crippen molar-refractivity contribution in [1.82, 2.24) is 5.32 Å². The minimum absolute atomic E-state index is 0.263. The van der Waals surface area contributed by atoms with Gasteiger partial charge in [0.2, 0.25) is 0 Å². The van der Waals surface area contributed by atoms with Crippen molar-refractivity contribution in [2.45, 2.75) is 26.3 Å². The highest BCUT2D eigenvalue weighted by Crippen LogP contribution is 2.18. The van der Waals surface area contributed by atoms with Crippen molar-refractivity contribution < 1.29 is 5.11 Å². The smallest absolute Gasteiger partial charge is 0.0521 e. The van der Waals surface area contributed by atoms with E-state index in [-0.39, 0.29) is 6.61 Å². The summed E-state index contributed by atoms with van der Waals surface area (Å²) >= 11 is 1.80. The molecule has 1 atom stereocenters. The summed E-state index contributed by atoms with van der Waals surface area (Å²) in [5.74, 6) is 1.83. The van der Waals surface area contributed by atoms with Crippen LogP contribution in [0.1, 0.15) is 30.5 Å². The Morgan fingerprint density at radius 2 is 2.00 bits per heavy atom. The first-order chi connectivity index (χ1) is 8.27. The Morgan fingerprint density at radius 1 is 1.29 bits per heavy atom. The number of benzene rings is 1. The van der Waals surface area contributed by atoms with Gasteiger partial charge in [-0.15, -0.1) is 0 Å². The van der Waals surface area contributed by atoms with Crippen LogP contribution in [0, 0.1) is 6.92 Å². The summed E-state index contributed by atoms with van der Waals surface area (Å²) < 4.78 is 0. The van der Waals surface area contributed by atoms with E-state index >= 15 is 0 Å². The number of aliphatic hydroxyl groups is 1. The quantitative estimate of drug-likeness (QED) is 0.699. The van der Waals surface area contributed by atoms with E-state index in [4.69, 9.17) is 5.11 Å². The van der Waals surface area contributed by atoms with Gasteiger partial charge >= 0.3 is 0 Å². The van der Waals surface area contributed by atoms with E-state index in [1.54, 1.807) is 11.8 Å². The van der Waals surface area contributed by atoms with Crippen LogP contribution in [0.3, 0.4) is 0 Å². The van der Waals surface area contributed by atoms with Gasteiger partial charge in [0.15, 0.2) is 0 Å². The fourth-order valence-electron chi connectivity index (χ4n) is 1.66. The molecule has 0 amide bonds. The SMILES string of the molecule is CCCNC(CSCCO)c1ccc(C)cc1. The lowest BCUT2D eigenvalue weighted by molar-refractivity contribution is 0.322. The number of aryl methyl sites for hydroxylation is 1. The summed E-state index contributed by atoms with van der Waals surface area (Å²) in [4.78, 5) is 0. The molecule has 1 unspecified atom stereocenters. The van der Waals surface area contributed by atoms with Crippen LogP contribution in [0.2, 0.25) is 0 Å². The summed E-state index contributed by atoms with van der Waals surface area (Å²) in [6.07, 6.45) is 1.15. The van der Waals surface area contributed by atoms with E-state index in [0.717, 1.165) is 24.5 Å². The predicted molar refractivity (Wildman–Crippen MR) is 76.6 cm³/mol. The molecule has 0 fully saturated rings. The zero-order valence-electron chi connectivity index (χ0n) is 10.8. The second kappa shape index (κ2) is 8.56. The lowest BCUT2D eigenvalue weighted by Crippen LogP contribution is -2.24. The molecule has 0 saturated carbocycles. The Kier molecular flexibility index (Phi) is 7.33. The Morgan fingerprint density at radius 3 is 2.59 bits per heavy atom. The molecule has 96 valence electrons. The standard InChI is InChI=1S/C14H23NOS/c1-3-8-15-14(11-17-10-9-16)13-6-4-12(2)5-7-13/h4-7,14-16H,3,8-11H2,1-2H3. The molecule has 0 spiro atoms. The number of thioether (sulfide) groups is 1. The van der Waals surface area contributed by atoms with Crippen LogP contribution in [-0.2, 0) is 0 Å². The topological polar surface area (TPSA) is 32.3 Å². The number of hydrogen-bond acceptors (Lipinski definition) is 3. The molecule has 3 heteroatoms. The molecule has 2 nitrogen and oxygen atoms in total. The summed E-state index contributed by atoms with van der Waals surface area (Å²) in [6, 6.07) is 9.11. The largest absolute Gasteiger partial charge is 0.396 e. The Labute approximate surface area is 109 Å². The van der Waals surface area contributed by atoms with E-state index in [2.05, 4.69) is 43.4 Å². The van der Waals surface area contributed by atoms with Crippen molar-refractivity contribution in [3.05, 3.63) is 35.4 Å². The first-order valence-electron chi connectivity index (χ1n) is 6.26. The fourth-order valence-corrected chi connectivity index (χ4v) is 2.50. The molecule has 0 aliphatic heterocycles. The highest BCUT2D eigenvalue weighted by atomic mass is 32.2. The molecule has 0 aromatic heterocycles. The van der Waals surface area contributed by atoms with E-state index in [1.165, 1.54) is 11.1 Å². The van der Waals surface area contributed by atoms with Crippen LogP contribution < -0.4 is 5.32 Å². The number of aliphatic hydroxyl groups excluding tert-OH is 1. The molecule has 17 heavy (non-hydrogen) atoms. The average molecular weight is 253 g/mol. The Hall–Kier alpha value is -0.510. The van der Waals surface area contributed by atoms with Gasteiger partial charge in [0.05, 0.1) is 6.61 Å². The third kappa shape index (κ3) is 5.57. The number of rotatable bonds is 8. The molecule has 0 bridgehead atoms. The third-order valence-corrected chi connectivity index (χ3v) is 3.68. The molecule has 0 heterocycles. The van der Waals surface area contributed by atoms with E-state index in [9.17, 15) is 0 Å². The third-order valence-electron chi connectivity index (χ3n) is 2.64. The molecular formula is C14H23NOS. The Bertz CT molecular complexity index is 300. The number of nitrogens with one attached hydrogen (secondary N) is 1. The summed E-state index contributed by atoms with van der Waals surface area (Å²) in [6.45, 7) is 5.59. The van der Waals surface area contributed by atoms with Gasteiger partial charge in [-0.05, 0) is 25.5 Å². The molecule has 1 aromatic carbocycles. The molecular weight excluding hydrogens is 230 g/mol. The fraction of sp³-hybridized carbons (Fsp3) is 0.571. The van der Waals surface area contributed by atoms with Crippen molar-refractivity contribution in [2.75, 3.05) is 24.7 Å². The maximum Gasteiger partial charge on any atom is 0.0521 e. The number of hydrogen-bond donors (Lipinski definition) is 2. The van der Waals surface area contributed by atoms with Crippen LogP contribution in [0.5, 0.6) is 0 Å². The maximum absolute atomic E-state index is 8.82. The minimum atomic E-state index is 0.263. The summed E-state index contributed by atoms with van der Waals surface area (Å²) in [7, 11) is 0. The van der Waals surface area contributed by atoms with Gasteiger partial charge in [0, 0.05) is 17.5 Å². The van der Waals surface area contributed by atoms with Crippen molar-refractivity contribution in [2.24, 2.45) is 0 Å². The van der Waals surface area contributed by atoms with Crippen molar-refractivity contribution >= 4 is 11.8 Å². The zero-order valence-corrected chi connectivity index (χ0v) is 11.6. The predicted octanol–water partition coefficient (Wildman–Crippen LogP) is 2.76. The van der Waals surface area contributed by atoms with Crippen LogP contribution >= 0.6 is 11.8 Å².